The van der Waals surface area contributed by atoms with Crippen LogP contribution in [0.5, 0.6) is 5.75 Å². The molecule has 3 rings (SSSR count). The summed E-state index contributed by atoms with van der Waals surface area (Å²) in [4.78, 5) is 14.4. The van der Waals surface area contributed by atoms with E-state index in [1.165, 1.54) is 0 Å². The van der Waals surface area contributed by atoms with E-state index in [1.807, 2.05) is 35.9 Å². The molecule has 8 heteroatoms. The molecule has 1 aromatic carbocycles. The molecule has 1 saturated heterocycles. The number of nitrogens with one attached hydrogen (secondary N) is 1. The van der Waals surface area contributed by atoms with Gasteiger partial charge in [-0.3, -0.25) is 4.79 Å². The van der Waals surface area contributed by atoms with E-state index in [2.05, 4.69) is 15.6 Å². The lowest BCUT2D eigenvalue weighted by molar-refractivity contribution is 0.0778. The Bertz CT molecular complexity index is 726. The van der Waals surface area contributed by atoms with Crippen LogP contribution in [0, 0.1) is 6.92 Å². The molecular weight excluding hydrogens is 354 g/mol. The van der Waals surface area contributed by atoms with Gasteiger partial charge < -0.3 is 15.0 Å². The summed E-state index contributed by atoms with van der Waals surface area (Å²) in [5.41, 5.74) is 2.33. The predicted octanol–water partition coefficient (Wildman–Crippen LogP) is 2.21. The summed E-state index contributed by atoms with van der Waals surface area (Å²) in [6, 6.07) is 8.03. The van der Waals surface area contributed by atoms with Gasteiger partial charge in [0.1, 0.15) is 5.75 Å². The number of halogens is 1. The van der Waals surface area contributed by atoms with Crippen molar-refractivity contribution < 1.29 is 9.53 Å². The lowest BCUT2D eigenvalue weighted by Gasteiger charge is -2.23. The molecule has 2 aromatic rings. The maximum absolute atomic E-state index is 12.8. The van der Waals surface area contributed by atoms with Crippen molar-refractivity contribution in [1.29, 1.82) is 0 Å². The Hall–Kier alpha value is -2.12. The third-order valence-electron chi connectivity index (χ3n) is 4.71. The Morgan fingerprint density at radius 3 is 2.58 bits per heavy atom. The Kier molecular flexibility index (Phi) is 6.99. The first-order valence-corrected chi connectivity index (χ1v) is 8.61. The second-order valence-electron chi connectivity index (χ2n) is 6.46. The quantitative estimate of drug-likeness (QED) is 0.862. The zero-order chi connectivity index (χ0) is 17.8. The van der Waals surface area contributed by atoms with Crippen molar-refractivity contribution in [2.24, 2.45) is 0 Å². The summed E-state index contributed by atoms with van der Waals surface area (Å²) in [7, 11) is 3.43. The molecule has 142 valence electrons. The number of piperidine rings is 1. The van der Waals surface area contributed by atoms with Crippen molar-refractivity contribution in [1.82, 2.24) is 25.2 Å². The van der Waals surface area contributed by atoms with Crippen LogP contribution in [0.25, 0.3) is 0 Å². The van der Waals surface area contributed by atoms with E-state index in [-0.39, 0.29) is 18.3 Å². The van der Waals surface area contributed by atoms with Crippen molar-refractivity contribution in [3.8, 4) is 5.75 Å². The van der Waals surface area contributed by atoms with E-state index in [0.717, 1.165) is 42.9 Å². The number of ether oxygens (including phenoxy) is 1. The molecule has 1 amide bonds. The fourth-order valence-corrected chi connectivity index (χ4v) is 3.19. The Morgan fingerprint density at radius 1 is 1.31 bits per heavy atom. The molecule has 26 heavy (non-hydrogen) atoms. The molecule has 1 aliphatic rings. The number of carbonyl (C=O) groups is 1. The molecular formula is C18H26ClN5O2. The molecule has 0 saturated carbocycles. The van der Waals surface area contributed by atoms with E-state index >= 15 is 0 Å². The van der Waals surface area contributed by atoms with E-state index in [1.54, 1.807) is 19.1 Å². The van der Waals surface area contributed by atoms with Crippen LogP contribution >= 0.6 is 12.4 Å². The molecule has 1 aromatic heterocycles. The Labute approximate surface area is 160 Å². The summed E-state index contributed by atoms with van der Waals surface area (Å²) in [5.74, 6) is 0.701. The summed E-state index contributed by atoms with van der Waals surface area (Å²) in [5, 5.41) is 11.8. The van der Waals surface area contributed by atoms with E-state index in [9.17, 15) is 4.79 Å². The third kappa shape index (κ3) is 4.34. The minimum atomic E-state index is -0.103. The van der Waals surface area contributed by atoms with Gasteiger partial charge in [-0.1, -0.05) is 17.3 Å². The number of hydrogen-bond donors (Lipinski definition) is 1. The van der Waals surface area contributed by atoms with Gasteiger partial charge in [0, 0.05) is 13.6 Å². The number of rotatable bonds is 5. The van der Waals surface area contributed by atoms with Crippen LogP contribution in [-0.4, -0.2) is 53.0 Å². The second kappa shape index (κ2) is 9.00. The molecule has 0 radical (unpaired) electrons. The summed E-state index contributed by atoms with van der Waals surface area (Å²) < 4.78 is 7.07. The fraction of sp³-hybridized carbons (Fsp3) is 0.500. The standard InChI is InChI=1S/C18H25N5O2.ClH/c1-13-17(20-21-23(13)15-8-10-19-11-9-15)18(24)22(2)12-14-4-6-16(25-3)7-5-14;/h4-7,15,19H,8-12H2,1-3H3;1H. The molecule has 0 bridgehead atoms. The first kappa shape index (κ1) is 20.2. The fourth-order valence-electron chi connectivity index (χ4n) is 3.19. The van der Waals surface area contributed by atoms with Crippen molar-refractivity contribution in [2.45, 2.75) is 32.4 Å². The first-order valence-electron chi connectivity index (χ1n) is 8.61. The van der Waals surface area contributed by atoms with Gasteiger partial charge in [-0.2, -0.15) is 0 Å². The van der Waals surface area contributed by atoms with Crippen molar-refractivity contribution >= 4 is 18.3 Å². The summed E-state index contributed by atoms with van der Waals surface area (Å²) in [6.07, 6.45) is 2.03. The number of benzene rings is 1. The molecule has 1 fully saturated rings. The number of amides is 1. The van der Waals surface area contributed by atoms with Crippen molar-refractivity contribution in [3.05, 3.63) is 41.2 Å². The molecule has 0 atom stereocenters. The average molecular weight is 380 g/mol. The molecule has 2 heterocycles. The lowest BCUT2D eigenvalue weighted by Crippen LogP contribution is -2.30. The second-order valence-corrected chi connectivity index (χ2v) is 6.46. The van der Waals surface area contributed by atoms with Gasteiger partial charge in [-0.25, -0.2) is 4.68 Å². The zero-order valence-electron chi connectivity index (χ0n) is 15.4. The predicted molar refractivity (Wildman–Crippen MR) is 102 cm³/mol. The SMILES string of the molecule is COc1ccc(CN(C)C(=O)c2nnn(C3CCNCC3)c2C)cc1.Cl. The van der Waals surface area contributed by atoms with Gasteiger partial charge in [-0.15, -0.1) is 17.5 Å². The minimum Gasteiger partial charge on any atom is -0.497 e. The number of hydrogen-bond acceptors (Lipinski definition) is 5. The van der Waals surface area contributed by atoms with E-state index in [0.29, 0.717) is 18.3 Å². The van der Waals surface area contributed by atoms with Gasteiger partial charge in [0.15, 0.2) is 5.69 Å². The van der Waals surface area contributed by atoms with Crippen LogP contribution in [0.3, 0.4) is 0 Å². The summed E-state index contributed by atoms with van der Waals surface area (Å²) in [6.45, 7) is 4.40. The highest BCUT2D eigenvalue weighted by Crippen LogP contribution is 2.21. The third-order valence-corrected chi connectivity index (χ3v) is 4.71. The number of nitrogens with zero attached hydrogens (tertiary/aromatic N) is 4. The molecule has 0 aliphatic carbocycles. The Balaban J connectivity index is 0.00000243. The minimum absolute atomic E-state index is 0. The van der Waals surface area contributed by atoms with Crippen molar-refractivity contribution in [3.63, 3.8) is 0 Å². The first-order chi connectivity index (χ1) is 12.1. The monoisotopic (exact) mass is 379 g/mol. The molecule has 0 spiro atoms. The van der Waals surface area contributed by atoms with Crippen LogP contribution < -0.4 is 10.1 Å². The van der Waals surface area contributed by atoms with Crippen LogP contribution in [0.4, 0.5) is 0 Å². The van der Waals surface area contributed by atoms with Gasteiger partial charge in [0.25, 0.3) is 5.91 Å². The maximum Gasteiger partial charge on any atom is 0.276 e. The van der Waals surface area contributed by atoms with Gasteiger partial charge in [-0.05, 0) is 50.6 Å². The average Bonchev–Trinajstić information content (AvgIpc) is 3.03. The number of methoxy groups -OCH3 is 1. The van der Waals surface area contributed by atoms with E-state index in [4.69, 9.17) is 4.74 Å². The molecule has 7 nitrogen and oxygen atoms in total. The largest absolute Gasteiger partial charge is 0.497 e. The highest BCUT2D eigenvalue weighted by Gasteiger charge is 2.24. The van der Waals surface area contributed by atoms with Gasteiger partial charge in [0.05, 0.1) is 18.8 Å². The van der Waals surface area contributed by atoms with Gasteiger partial charge >= 0.3 is 0 Å². The molecule has 1 aliphatic heterocycles. The summed E-state index contributed by atoms with van der Waals surface area (Å²) >= 11 is 0. The van der Waals surface area contributed by atoms with Crippen molar-refractivity contribution in [2.75, 3.05) is 27.2 Å². The van der Waals surface area contributed by atoms with Crippen LogP contribution in [0.2, 0.25) is 0 Å². The molecule has 1 N–H and O–H groups in total. The zero-order valence-corrected chi connectivity index (χ0v) is 16.3. The highest BCUT2D eigenvalue weighted by molar-refractivity contribution is 5.93. The van der Waals surface area contributed by atoms with Crippen LogP contribution in [-0.2, 0) is 6.54 Å². The lowest BCUT2D eigenvalue weighted by atomic mass is 10.1. The number of aromatic nitrogens is 3. The maximum atomic E-state index is 12.8. The highest BCUT2D eigenvalue weighted by atomic mass is 35.5. The smallest absolute Gasteiger partial charge is 0.276 e. The van der Waals surface area contributed by atoms with Crippen LogP contribution in [0.15, 0.2) is 24.3 Å². The van der Waals surface area contributed by atoms with Crippen LogP contribution in [0.1, 0.15) is 40.6 Å². The topological polar surface area (TPSA) is 72.3 Å². The number of carbonyl (C=O) groups excluding carboxylic acids is 1. The normalized spacial score (nSPS) is 14.6. The molecule has 0 unspecified atom stereocenters. The van der Waals surface area contributed by atoms with Gasteiger partial charge in [0.2, 0.25) is 0 Å². The Morgan fingerprint density at radius 2 is 1.96 bits per heavy atom. The van der Waals surface area contributed by atoms with E-state index < -0.39 is 0 Å².